The molecule has 1 saturated heterocycles. The van der Waals surface area contributed by atoms with Gasteiger partial charge in [0.25, 0.3) is 0 Å². The minimum absolute atomic E-state index is 0.107. The SMILES string of the molecule is CN(CC(=O)O)C1CCN(Cc2cnn(-c3ccccc3)n2)CC1. The number of aromatic nitrogens is 3. The monoisotopic (exact) mass is 329 g/mol. The summed E-state index contributed by atoms with van der Waals surface area (Å²) < 4.78 is 0. The number of hydrogen-bond donors (Lipinski definition) is 1. The normalized spacial score (nSPS) is 16.6. The highest BCUT2D eigenvalue weighted by Crippen LogP contribution is 2.17. The number of rotatable bonds is 6. The van der Waals surface area contributed by atoms with Crippen LogP contribution in [0.2, 0.25) is 0 Å². The molecule has 1 fully saturated rings. The second kappa shape index (κ2) is 7.55. The molecule has 24 heavy (non-hydrogen) atoms. The fourth-order valence-corrected chi connectivity index (χ4v) is 3.14. The molecule has 0 bridgehead atoms. The van der Waals surface area contributed by atoms with Gasteiger partial charge in [-0.1, -0.05) is 18.2 Å². The summed E-state index contributed by atoms with van der Waals surface area (Å²) in [6.07, 6.45) is 3.78. The Bertz CT molecular complexity index is 665. The van der Waals surface area contributed by atoms with Gasteiger partial charge in [0.05, 0.1) is 24.1 Å². The topological polar surface area (TPSA) is 74.5 Å². The molecule has 2 aromatic rings. The van der Waals surface area contributed by atoms with Gasteiger partial charge in [0.1, 0.15) is 0 Å². The van der Waals surface area contributed by atoms with Crippen LogP contribution < -0.4 is 0 Å². The molecule has 1 aliphatic heterocycles. The quantitative estimate of drug-likeness (QED) is 0.860. The van der Waals surface area contributed by atoms with Crippen molar-refractivity contribution in [2.24, 2.45) is 0 Å². The molecule has 1 N–H and O–H groups in total. The fourth-order valence-electron chi connectivity index (χ4n) is 3.14. The van der Waals surface area contributed by atoms with Crippen molar-refractivity contribution in [2.45, 2.75) is 25.4 Å². The smallest absolute Gasteiger partial charge is 0.317 e. The summed E-state index contributed by atoms with van der Waals surface area (Å²) in [6, 6.07) is 10.2. The predicted octanol–water partition coefficient (Wildman–Crippen LogP) is 1.25. The van der Waals surface area contributed by atoms with E-state index < -0.39 is 5.97 Å². The number of benzene rings is 1. The van der Waals surface area contributed by atoms with Gasteiger partial charge < -0.3 is 5.11 Å². The molecule has 0 spiro atoms. The maximum absolute atomic E-state index is 10.8. The average Bonchev–Trinajstić information content (AvgIpc) is 3.04. The van der Waals surface area contributed by atoms with E-state index in [9.17, 15) is 4.79 Å². The Hall–Kier alpha value is -2.25. The summed E-state index contributed by atoms with van der Waals surface area (Å²) in [4.78, 5) is 16.8. The first kappa shape index (κ1) is 16.6. The van der Waals surface area contributed by atoms with Crippen LogP contribution in [0.5, 0.6) is 0 Å². The van der Waals surface area contributed by atoms with Gasteiger partial charge in [0, 0.05) is 25.7 Å². The van der Waals surface area contributed by atoms with Gasteiger partial charge in [-0.2, -0.15) is 15.0 Å². The van der Waals surface area contributed by atoms with Gasteiger partial charge in [0.2, 0.25) is 0 Å². The Balaban J connectivity index is 1.52. The van der Waals surface area contributed by atoms with Crippen molar-refractivity contribution >= 4 is 5.97 Å². The van der Waals surface area contributed by atoms with Gasteiger partial charge in [0.15, 0.2) is 0 Å². The van der Waals surface area contributed by atoms with Crippen molar-refractivity contribution in [3.63, 3.8) is 0 Å². The van der Waals surface area contributed by atoms with Crippen LogP contribution in [0, 0.1) is 0 Å². The zero-order chi connectivity index (χ0) is 16.9. The molecule has 0 aliphatic carbocycles. The highest BCUT2D eigenvalue weighted by atomic mass is 16.4. The lowest BCUT2D eigenvalue weighted by Gasteiger charge is -2.35. The molecule has 2 heterocycles. The van der Waals surface area contributed by atoms with Crippen LogP contribution in [0.3, 0.4) is 0 Å². The number of nitrogens with zero attached hydrogens (tertiary/aromatic N) is 5. The van der Waals surface area contributed by atoms with Crippen molar-refractivity contribution in [1.29, 1.82) is 0 Å². The number of para-hydroxylation sites is 1. The second-order valence-corrected chi connectivity index (χ2v) is 6.28. The molecule has 7 heteroatoms. The molecule has 0 radical (unpaired) electrons. The molecule has 1 aliphatic rings. The molecule has 1 aromatic heterocycles. The zero-order valence-corrected chi connectivity index (χ0v) is 13.9. The van der Waals surface area contributed by atoms with E-state index in [1.54, 1.807) is 4.80 Å². The lowest BCUT2D eigenvalue weighted by Crippen LogP contribution is -2.44. The minimum Gasteiger partial charge on any atom is -0.480 e. The Kier molecular flexibility index (Phi) is 5.22. The Morgan fingerprint density at radius 2 is 2.00 bits per heavy atom. The highest BCUT2D eigenvalue weighted by Gasteiger charge is 2.24. The number of carbonyl (C=O) groups is 1. The number of carboxylic acid groups (broad SMARTS) is 1. The maximum Gasteiger partial charge on any atom is 0.317 e. The van der Waals surface area contributed by atoms with Crippen molar-refractivity contribution in [3.8, 4) is 5.69 Å². The second-order valence-electron chi connectivity index (χ2n) is 6.28. The van der Waals surface area contributed by atoms with E-state index in [0.29, 0.717) is 6.04 Å². The molecule has 0 unspecified atom stereocenters. The number of likely N-dealkylation sites (N-methyl/N-ethyl adjacent to an activating group) is 1. The van der Waals surface area contributed by atoms with E-state index in [2.05, 4.69) is 15.1 Å². The molecule has 0 amide bonds. The molecule has 128 valence electrons. The third-order valence-corrected chi connectivity index (χ3v) is 4.48. The Labute approximate surface area is 141 Å². The van der Waals surface area contributed by atoms with Crippen LogP contribution in [-0.4, -0.2) is 68.6 Å². The number of likely N-dealkylation sites (tertiary alicyclic amines) is 1. The van der Waals surface area contributed by atoms with E-state index in [-0.39, 0.29) is 6.54 Å². The van der Waals surface area contributed by atoms with Crippen LogP contribution in [0.1, 0.15) is 18.5 Å². The largest absolute Gasteiger partial charge is 0.480 e. The van der Waals surface area contributed by atoms with Gasteiger partial charge in [-0.3, -0.25) is 14.6 Å². The molecule has 7 nitrogen and oxygen atoms in total. The highest BCUT2D eigenvalue weighted by molar-refractivity contribution is 5.69. The summed E-state index contributed by atoms with van der Waals surface area (Å²) >= 11 is 0. The van der Waals surface area contributed by atoms with Gasteiger partial charge in [-0.05, 0) is 32.0 Å². The van der Waals surface area contributed by atoms with Crippen LogP contribution in [0.15, 0.2) is 36.5 Å². The van der Waals surface area contributed by atoms with Crippen LogP contribution in [0.25, 0.3) is 5.69 Å². The van der Waals surface area contributed by atoms with Gasteiger partial charge in [-0.15, -0.1) is 0 Å². The van der Waals surface area contributed by atoms with E-state index in [0.717, 1.165) is 43.9 Å². The minimum atomic E-state index is -0.766. The van der Waals surface area contributed by atoms with E-state index >= 15 is 0 Å². The lowest BCUT2D eigenvalue weighted by atomic mass is 10.0. The molecule has 1 aromatic carbocycles. The zero-order valence-electron chi connectivity index (χ0n) is 13.9. The molecule has 0 atom stereocenters. The Morgan fingerprint density at radius 1 is 1.29 bits per heavy atom. The molecule has 3 rings (SSSR count). The number of carboxylic acids is 1. The van der Waals surface area contributed by atoms with E-state index in [1.165, 1.54) is 0 Å². The van der Waals surface area contributed by atoms with Crippen molar-refractivity contribution in [2.75, 3.05) is 26.7 Å². The van der Waals surface area contributed by atoms with Crippen molar-refractivity contribution in [1.82, 2.24) is 24.8 Å². The first-order valence-corrected chi connectivity index (χ1v) is 8.23. The summed E-state index contributed by atoms with van der Waals surface area (Å²) in [6.45, 7) is 2.79. The summed E-state index contributed by atoms with van der Waals surface area (Å²) in [5, 5.41) is 17.8. The lowest BCUT2D eigenvalue weighted by molar-refractivity contribution is -0.138. The van der Waals surface area contributed by atoms with E-state index in [1.807, 2.05) is 48.5 Å². The first-order chi connectivity index (χ1) is 11.6. The summed E-state index contributed by atoms with van der Waals surface area (Å²) in [7, 11) is 1.89. The molecule has 0 saturated carbocycles. The van der Waals surface area contributed by atoms with Crippen molar-refractivity contribution < 1.29 is 9.90 Å². The summed E-state index contributed by atoms with van der Waals surface area (Å²) in [5.41, 5.74) is 1.91. The number of hydrogen-bond acceptors (Lipinski definition) is 5. The maximum atomic E-state index is 10.8. The first-order valence-electron chi connectivity index (χ1n) is 8.23. The van der Waals surface area contributed by atoms with Crippen LogP contribution in [-0.2, 0) is 11.3 Å². The van der Waals surface area contributed by atoms with Gasteiger partial charge in [-0.25, -0.2) is 0 Å². The molecular formula is C17H23N5O2. The van der Waals surface area contributed by atoms with Gasteiger partial charge >= 0.3 is 5.97 Å². The third-order valence-electron chi connectivity index (χ3n) is 4.48. The third kappa shape index (κ3) is 4.18. The van der Waals surface area contributed by atoms with Crippen molar-refractivity contribution in [3.05, 3.63) is 42.2 Å². The Morgan fingerprint density at radius 3 is 2.67 bits per heavy atom. The fraction of sp³-hybridized carbons (Fsp3) is 0.471. The predicted molar refractivity (Wildman–Crippen MR) is 89.9 cm³/mol. The standard InChI is InChI=1S/C17H23N5O2/c1-20(13-17(23)24)15-7-9-21(10-8-15)12-14-11-18-22(19-14)16-5-3-2-4-6-16/h2-6,11,15H,7-10,12-13H2,1H3,(H,23,24). The average molecular weight is 329 g/mol. The number of aliphatic carboxylic acids is 1. The summed E-state index contributed by atoms with van der Waals surface area (Å²) in [5.74, 6) is -0.766. The van der Waals surface area contributed by atoms with E-state index in [4.69, 9.17) is 5.11 Å². The van der Waals surface area contributed by atoms with Crippen LogP contribution >= 0.6 is 0 Å². The molecular weight excluding hydrogens is 306 g/mol. The van der Waals surface area contributed by atoms with Crippen LogP contribution in [0.4, 0.5) is 0 Å². The number of piperidine rings is 1.